The van der Waals surface area contributed by atoms with Crippen molar-refractivity contribution in [2.75, 3.05) is 0 Å². The molecule has 2 rings (SSSR count). The lowest BCUT2D eigenvalue weighted by Crippen LogP contribution is -2.30. The minimum atomic E-state index is -1.50. The zero-order valence-corrected chi connectivity index (χ0v) is 14.1. The Morgan fingerprint density at radius 2 is 1.92 bits per heavy atom. The number of Topliss-reactive ketones (excluding diaryl/α,β-unsaturated/α-hetero) is 1. The van der Waals surface area contributed by atoms with Crippen LogP contribution in [0.4, 0.5) is 0 Å². The molecular weight excluding hydrogens is 324 g/mol. The topological polar surface area (TPSA) is 98.5 Å². The molecule has 2 atom stereocenters. The first-order valence-corrected chi connectivity index (χ1v) is 7.97. The van der Waals surface area contributed by atoms with Gasteiger partial charge in [-0.1, -0.05) is 6.92 Å². The van der Waals surface area contributed by atoms with E-state index in [2.05, 4.69) is 4.98 Å². The summed E-state index contributed by atoms with van der Waals surface area (Å²) in [6.07, 6.45) is 4.78. The summed E-state index contributed by atoms with van der Waals surface area (Å²) < 4.78 is 6.82. The molecule has 1 heterocycles. The average Bonchev–Trinajstić information content (AvgIpc) is 3.13. The number of aromatic nitrogens is 2. The van der Waals surface area contributed by atoms with Crippen LogP contribution in [0.25, 0.3) is 5.69 Å². The second kappa shape index (κ2) is 8.23. The van der Waals surface area contributed by atoms with Gasteiger partial charge in [-0.15, -0.1) is 0 Å². The molecule has 0 amide bonds. The van der Waals surface area contributed by atoms with Gasteiger partial charge in [0.1, 0.15) is 0 Å². The third-order valence-electron chi connectivity index (χ3n) is 3.86. The van der Waals surface area contributed by atoms with E-state index in [9.17, 15) is 19.5 Å². The van der Waals surface area contributed by atoms with E-state index >= 15 is 0 Å². The molecule has 7 nitrogen and oxygen atoms in total. The molecule has 0 aliphatic heterocycles. The number of carbonyl (C=O) groups excluding carboxylic acids is 2. The normalized spacial score (nSPS) is 13.0. The largest absolute Gasteiger partial charge is 0.481 e. The number of aliphatic carboxylic acids is 1. The summed E-state index contributed by atoms with van der Waals surface area (Å²) in [5, 5.41) is 9.23. The van der Waals surface area contributed by atoms with Crippen LogP contribution in [0, 0.1) is 5.92 Å². The van der Waals surface area contributed by atoms with Crippen LogP contribution >= 0.6 is 0 Å². The van der Waals surface area contributed by atoms with Gasteiger partial charge in [0.2, 0.25) is 0 Å². The lowest BCUT2D eigenvalue weighted by Gasteiger charge is -2.15. The average molecular weight is 344 g/mol. The summed E-state index contributed by atoms with van der Waals surface area (Å²) in [5.41, 5.74) is 1.16. The summed E-state index contributed by atoms with van der Waals surface area (Å²) in [6.45, 7) is 3.49. The van der Waals surface area contributed by atoms with Gasteiger partial charge in [-0.2, -0.15) is 0 Å². The molecule has 2 aromatic rings. The highest BCUT2D eigenvalue weighted by Crippen LogP contribution is 2.16. The summed E-state index contributed by atoms with van der Waals surface area (Å²) in [7, 11) is 0. The number of rotatable bonds is 8. The fourth-order valence-electron chi connectivity index (χ4n) is 2.17. The quantitative estimate of drug-likeness (QED) is 0.449. The second-order valence-corrected chi connectivity index (χ2v) is 5.69. The van der Waals surface area contributed by atoms with Gasteiger partial charge in [-0.05, 0) is 37.6 Å². The highest BCUT2D eigenvalue weighted by Gasteiger charge is 2.31. The monoisotopic (exact) mass is 344 g/mol. The van der Waals surface area contributed by atoms with E-state index < -0.39 is 30.1 Å². The van der Waals surface area contributed by atoms with E-state index in [1.807, 2.05) is 6.92 Å². The highest BCUT2D eigenvalue weighted by molar-refractivity contribution is 6.03. The molecule has 7 heteroatoms. The molecule has 0 bridgehead atoms. The van der Waals surface area contributed by atoms with Crippen LogP contribution in [-0.4, -0.2) is 38.5 Å². The smallest absolute Gasteiger partial charge is 0.321 e. The van der Waals surface area contributed by atoms with E-state index in [4.69, 9.17) is 4.74 Å². The number of esters is 1. The maximum absolute atomic E-state index is 12.3. The molecular formula is C18H20N2O5. The molecule has 0 aliphatic carbocycles. The van der Waals surface area contributed by atoms with Gasteiger partial charge in [-0.25, -0.2) is 4.98 Å². The predicted molar refractivity (Wildman–Crippen MR) is 89.5 cm³/mol. The molecule has 2 unspecified atom stereocenters. The minimum Gasteiger partial charge on any atom is -0.481 e. The van der Waals surface area contributed by atoms with Crippen LogP contribution in [0.15, 0.2) is 43.0 Å². The number of hydrogen-bond donors (Lipinski definition) is 1. The fourth-order valence-corrected chi connectivity index (χ4v) is 2.17. The van der Waals surface area contributed by atoms with E-state index in [1.54, 1.807) is 54.5 Å². The Kier molecular flexibility index (Phi) is 6.05. The van der Waals surface area contributed by atoms with Crippen LogP contribution in [0.1, 0.15) is 37.0 Å². The SMILES string of the molecule is CCC(C)OC(=O)C(CC(=O)c1ccc(-n2ccnc2)cc1)C(=O)O. The fraction of sp³-hybridized carbons (Fsp3) is 0.333. The molecule has 0 fully saturated rings. The van der Waals surface area contributed by atoms with E-state index in [-0.39, 0.29) is 6.10 Å². The number of nitrogens with zero attached hydrogens (tertiary/aromatic N) is 2. The number of imidazole rings is 1. The van der Waals surface area contributed by atoms with Gasteiger partial charge < -0.3 is 14.4 Å². The second-order valence-electron chi connectivity index (χ2n) is 5.69. The summed E-state index contributed by atoms with van der Waals surface area (Å²) >= 11 is 0. The number of ketones is 1. The summed E-state index contributed by atoms with van der Waals surface area (Å²) in [6, 6.07) is 6.64. The summed E-state index contributed by atoms with van der Waals surface area (Å²) in [4.78, 5) is 39.6. The van der Waals surface area contributed by atoms with Gasteiger partial charge >= 0.3 is 11.9 Å². The van der Waals surface area contributed by atoms with Crippen LogP contribution in [-0.2, 0) is 14.3 Å². The maximum Gasteiger partial charge on any atom is 0.321 e. The number of benzene rings is 1. The maximum atomic E-state index is 12.3. The third kappa shape index (κ3) is 4.76. The van der Waals surface area contributed by atoms with Crippen molar-refractivity contribution in [3.8, 4) is 5.69 Å². The van der Waals surface area contributed by atoms with Crippen LogP contribution in [0.3, 0.4) is 0 Å². The molecule has 1 aromatic carbocycles. The minimum absolute atomic E-state index is 0.339. The van der Waals surface area contributed by atoms with Gasteiger partial charge in [0.25, 0.3) is 0 Å². The van der Waals surface area contributed by atoms with Gasteiger partial charge in [0.15, 0.2) is 11.7 Å². The lowest BCUT2D eigenvalue weighted by atomic mass is 9.98. The zero-order chi connectivity index (χ0) is 18.4. The standard InChI is InChI=1S/C18H20N2O5/c1-3-12(2)25-18(24)15(17(22)23)10-16(21)13-4-6-14(7-5-13)20-9-8-19-11-20/h4-9,11-12,15H,3,10H2,1-2H3,(H,22,23). The number of carboxylic acids is 1. The van der Waals surface area contributed by atoms with Crippen molar-refractivity contribution in [3.63, 3.8) is 0 Å². The van der Waals surface area contributed by atoms with Crippen molar-refractivity contribution in [1.29, 1.82) is 0 Å². The van der Waals surface area contributed by atoms with Gasteiger partial charge in [0.05, 0.1) is 12.4 Å². The molecule has 0 saturated heterocycles. The number of ether oxygens (including phenoxy) is 1. The molecule has 0 aliphatic rings. The lowest BCUT2D eigenvalue weighted by molar-refractivity contribution is -0.161. The van der Waals surface area contributed by atoms with E-state index in [0.29, 0.717) is 12.0 Å². The van der Waals surface area contributed by atoms with Gasteiger partial charge in [-0.3, -0.25) is 14.4 Å². The first kappa shape index (κ1) is 18.4. The Morgan fingerprint density at radius 1 is 1.24 bits per heavy atom. The Morgan fingerprint density at radius 3 is 2.44 bits per heavy atom. The van der Waals surface area contributed by atoms with Crippen molar-refractivity contribution < 1.29 is 24.2 Å². The van der Waals surface area contributed by atoms with Crippen molar-refractivity contribution in [2.45, 2.75) is 32.8 Å². The molecule has 132 valence electrons. The van der Waals surface area contributed by atoms with Crippen molar-refractivity contribution in [2.24, 2.45) is 5.92 Å². The molecule has 0 radical (unpaired) electrons. The number of carbonyl (C=O) groups is 3. The number of carboxylic acid groups (broad SMARTS) is 1. The van der Waals surface area contributed by atoms with Crippen LogP contribution < -0.4 is 0 Å². The van der Waals surface area contributed by atoms with Crippen molar-refractivity contribution in [3.05, 3.63) is 48.5 Å². The van der Waals surface area contributed by atoms with E-state index in [1.165, 1.54) is 0 Å². The van der Waals surface area contributed by atoms with E-state index in [0.717, 1.165) is 5.69 Å². The third-order valence-corrected chi connectivity index (χ3v) is 3.86. The Balaban J connectivity index is 2.08. The van der Waals surface area contributed by atoms with Crippen LogP contribution in [0.2, 0.25) is 0 Å². The molecule has 0 saturated carbocycles. The number of hydrogen-bond acceptors (Lipinski definition) is 5. The first-order valence-electron chi connectivity index (χ1n) is 7.97. The van der Waals surface area contributed by atoms with Crippen molar-refractivity contribution in [1.82, 2.24) is 9.55 Å². The zero-order valence-electron chi connectivity index (χ0n) is 14.1. The first-order chi connectivity index (χ1) is 11.9. The molecule has 1 N–H and O–H groups in total. The molecule has 0 spiro atoms. The molecule has 1 aromatic heterocycles. The van der Waals surface area contributed by atoms with Crippen LogP contribution in [0.5, 0.6) is 0 Å². The Bertz CT molecular complexity index is 737. The molecule has 25 heavy (non-hydrogen) atoms. The predicted octanol–water partition coefficient (Wildman–Crippen LogP) is 2.49. The van der Waals surface area contributed by atoms with Gasteiger partial charge in [0, 0.05) is 30.1 Å². The Hall–Kier alpha value is -2.96. The highest BCUT2D eigenvalue weighted by atomic mass is 16.5. The summed E-state index contributed by atoms with van der Waals surface area (Å²) in [5.74, 6) is -4.18. The Labute approximate surface area is 145 Å². The van der Waals surface area contributed by atoms with Crippen molar-refractivity contribution >= 4 is 17.7 Å².